The van der Waals surface area contributed by atoms with Gasteiger partial charge in [-0.25, -0.2) is 9.97 Å². The van der Waals surface area contributed by atoms with Gasteiger partial charge in [-0.15, -0.1) is 10.2 Å². The number of aromatic nitrogens is 5. The number of imidazole rings is 1. The third-order valence-corrected chi connectivity index (χ3v) is 4.40. The molecule has 0 aliphatic heterocycles. The molecule has 1 amide bonds. The Kier molecular flexibility index (Phi) is 4.28. The van der Waals surface area contributed by atoms with Gasteiger partial charge in [0.05, 0.1) is 22.6 Å². The standard InChI is InChI=1S/C17H15N7OS/c1-10(15-21-12-4-2-3-5-13(12)22-15)20-14-7-6-11(8-18-14)16(25)23-17-24-19-9-26-17/h2-10H,1H3,(H,18,20)(H,21,22)(H,23,24,25). The minimum atomic E-state index is -0.272. The number of anilines is 2. The molecule has 1 unspecified atom stereocenters. The van der Waals surface area contributed by atoms with E-state index in [0.29, 0.717) is 16.5 Å². The van der Waals surface area contributed by atoms with Crippen molar-refractivity contribution in [3.8, 4) is 0 Å². The molecule has 0 spiro atoms. The molecule has 1 atom stereocenters. The second-order valence-corrected chi connectivity index (χ2v) is 6.47. The average Bonchev–Trinajstić information content (AvgIpc) is 3.31. The Bertz CT molecular complexity index is 994. The predicted octanol–water partition coefficient (Wildman–Crippen LogP) is 3.23. The van der Waals surface area contributed by atoms with E-state index in [0.717, 1.165) is 16.9 Å². The first-order valence-electron chi connectivity index (χ1n) is 7.94. The summed E-state index contributed by atoms with van der Waals surface area (Å²) in [6, 6.07) is 11.3. The van der Waals surface area contributed by atoms with Gasteiger partial charge in [0, 0.05) is 6.20 Å². The fraction of sp³-hybridized carbons (Fsp3) is 0.118. The van der Waals surface area contributed by atoms with Gasteiger partial charge in [-0.1, -0.05) is 23.5 Å². The van der Waals surface area contributed by atoms with E-state index < -0.39 is 0 Å². The first-order chi connectivity index (χ1) is 12.7. The van der Waals surface area contributed by atoms with Gasteiger partial charge in [0.25, 0.3) is 5.91 Å². The second-order valence-electron chi connectivity index (χ2n) is 5.64. The monoisotopic (exact) mass is 365 g/mol. The lowest BCUT2D eigenvalue weighted by molar-refractivity contribution is 0.102. The molecule has 0 fully saturated rings. The van der Waals surface area contributed by atoms with E-state index in [9.17, 15) is 4.79 Å². The van der Waals surface area contributed by atoms with Crippen molar-refractivity contribution in [2.75, 3.05) is 10.6 Å². The van der Waals surface area contributed by atoms with Gasteiger partial charge in [-0.2, -0.15) is 0 Å². The number of benzene rings is 1. The van der Waals surface area contributed by atoms with Gasteiger partial charge < -0.3 is 10.3 Å². The molecule has 0 saturated heterocycles. The number of nitrogens with zero attached hydrogens (tertiary/aromatic N) is 4. The van der Waals surface area contributed by atoms with E-state index in [1.807, 2.05) is 31.2 Å². The number of H-pyrrole nitrogens is 1. The summed E-state index contributed by atoms with van der Waals surface area (Å²) in [4.78, 5) is 24.3. The van der Waals surface area contributed by atoms with Crippen LogP contribution in [0.4, 0.5) is 10.9 Å². The lowest BCUT2D eigenvalue weighted by atomic mass is 10.2. The molecule has 130 valence electrons. The van der Waals surface area contributed by atoms with Gasteiger partial charge in [-0.3, -0.25) is 10.1 Å². The van der Waals surface area contributed by atoms with E-state index in [-0.39, 0.29) is 11.9 Å². The summed E-state index contributed by atoms with van der Waals surface area (Å²) in [5.41, 5.74) is 3.92. The Morgan fingerprint density at radius 1 is 1.23 bits per heavy atom. The number of nitrogens with one attached hydrogen (secondary N) is 3. The topological polar surface area (TPSA) is 108 Å². The van der Waals surface area contributed by atoms with Crippen molar-refractivity contribution in [1.82, 2.24) is 25.1 Å². The lowest BCUT2D eigenvalue weighted by Crippen LogP contribution is -2.13. The highest BCUT2D eigenvalue weighted by Gasteiger charge is 2.12. The first-order valence-corrected chi connectivity index (χ1v) is 8.82. The van der Waals surface area contributed by atoms with Crippen molar-refractivity contribution >= 4 is 39.2 Å². The molecule has 26 heavy (non-hydrogen) atoms. The van der Waals surface area contributed by atoms with Crippen molar-refractivity contribution in [2.45, 2.75) is 13.0 Å². The number of rotatable bonds is 5. The Hall–Kier alpha value is -3.33. The highest BCUT2D eigenvalue weighted by atomic mass is 32.1. The Balaban J connectivity index is 1.44. The lowest BCUT2D eigenvalue weighted by Gasteiger charge is -2.12. The van der Waals surface area contributed by atoms with E-state index >= 15 is 0 Å². The zero-order chi connectivity index (χ0) is 17.9. The summed E-state index contributed by atoms with van der Waals surface area (Å²) in [6.45, 7) is 2.00. The molecule has 3 heterocycles. The van der Waals surface area contributed by atoms with Gasteiger partial charge in [0.1, 0.15) is 17.2 Å². The maximum absolute atomic E-state index is 12.1. The summed E-state index contributed by atoms with van der Waals surface area (Å²) < 4.78 is 0. The van der Waals surface area contributed by atoms with Crippen molar-refractivity contribution in [3.05, 3.63) is 59.5 Å². The Morgan fingerprint density at radius 2 is 2.12 bits per heavy atom. The number of fused-ring (bicyclic) bond motifs is 1. The average molecular weight is 365 g/mol. The number of carbonyl (C=O) groups is 1. The molecule has 9 heteroatoms. The third kappa shape index (κ3) is 3.38. The molecule has 8 nitrogen and oxygen atoms in total. The number of hydrogen-bond acceptors (Lipinski definition) is 7. The molecule has 4 rings (SSSR count). The summed E-state index contributed by atoms with van der Waals surface area (Å²) in [5.74, 6) is 1.21. The fourth-order valence-electron chi connectivity index (χ4n) is 2.48. The second kappa shape index (κ2) is 6.89. The van der Waals surface area contributed by atoms with E-state index in [1.165, 1.54) is 17.5 Å². The SMILES string of the molecule is CC(Nc1ccc(C(=O)Nc2nncs2)cn1)c1nc2ccccc2[nH]1. The zero-order valence-corrected chi connectivity index (χ0v) is 14.6. The van der Waals surface area contributed by atoms with Crippen molar-refractivity contribution < 1.29 is 4.79 Å². The minimum absolute atomic E-state index is 0.0593. The number of amides is 1. The van der Waals surface area contributed by atoms with Crippen LogP contribution in [0.15, 0.2) is 48.1 Å². The fourth-order valence-corrected chi connectivity index (χ4v) is 2.92. The summed E-state index contributed by atoms with van der Waals surface area (Å²) in [5, 5.41) is 13.9. The van der Waals surface area contributed by atoms with Crippen LogP contribution in [0.2, 0.25) is 0 Å². The number of aromatic amines is 1. The van der Waals surface area contributed by atoms with Crippen molar-refractivity contribution in [3.63, 3.8) is 0 Å². The maximum atomic E-state index is 12.1. The normalized spacial score (nSPS) is 12.0. The van der Waals surface area contributed by atoms with Gasteiger partial charge in [-0.05, 0) is 31.2 Å². The predicted molar refractivity (Wildman–Crippen MR) is 100 cm³/mol. The van der Waals surface area contributed by atoms with Crippen molar-refractivity contribution in [1.29, 1.82) is 0 Å². The number of carbonyl (C=O) groups excluding carboxylic acids is 1. The van der Waals surface area contributed by atoms with Crippen LogP contribution in [0.1, 0.15) is 29.1 Å². The molecule has 0 radical (unpaired) electrons. The van der Waals surface area contributed by atoms with Gasteiger partial charge >= 0.3 is 0 Å². The molecule has 3 N–H and O–H groups in total. The molecule has 0 aliphatic carbocycles. The van der Waals surface area contributed by atoms with Crippen LogP contribution < -0.4 is 10.6 Å². The van der Waals surface area contributed by atoms with Crippen LogP contribution >= 0.6 is 11.3 Å². The molecule has 4 aromatic rings. The quantitative estimate of drug-likeness (QED) is 0.501. The minimum Gasteiger partial charge on any atom is -0.360 e. The first kappa shape index (κ1) is 16.2. The molecule has 1 aromatic carbocycles. The van der Waals surface area contributed by atoms with E-state index in [1.54, 1.807) is 17.6 Å². The summed E-state index contributed by atoms with van der Waals surface area (Å²) in [7, 11) is 0. The highest BCUT2D eigenvalue weighted by molar-refractivity contribution is 7.13. The Morgan fingerprint density at radius 3 is 2.85 bits per heavy atom. The number of pyridine rings is 1. The smallest absolute Gasteiger partial charge is 0.259 e. The molecule has 3 aromatic heterocycles. The highest BCUT2D eigenvalue weighted by Crippen LogP contribution is 2.19. The largest absolute Gasteiger partial charge is 0.360 e. The van der Waals surface area contributed by atoms with E-state index in [4.69, 9.17) is 0 Å². The van der Waals surface area contributed by atoms with Crippen LogP contribution in [0.3, 0.4) is 0 Å². The molecule has 0 bridgehead atoms. The van der Waals surface area contributed by atoms with E-state index in [2.05, 4.69) is 35.8 Å². The molecule has 0 saturated carbocycles. The summed E-state index contributed by atoms with van der Waals surface area (Å²) in [6.07, 6.45) is 1.52. The maximum Gasteiger partial charge on any atom is 0.259 e. The molecular formula is C17H15N7OS. The van der Waals surface area contributed by atoms with Crippen molar-refractivity contribution in [2.24, 2.45) is 0 Å². The van der Waals surface area contributed by atoms with Crippen LogP contribution in [0.25, 0.3) is 11.0 Å². The van der Waals surface area contributed by atoms with Crippen LogP contribution in [-0.4, -0.2) is 31.1 Å². The number of para-hydroxylation sites is 2. The molecular weight excluding hydrogens is 350 g/mol. The van der Waals surface area contributed by atoms with Crippen LogP contribution in [0, 0.1) is 0 Å². The van der Waals surface area contributed by atoms with Gasteiger partial charge in [0.2, 0.25) is 5.13 Å². The summed E-state index contributed by atoms with van der Waals surface area (Å²) >= 11 is 1.26. The van der Waals surface area contributed by atoms with Gasteiger partial charge in [0.15, 0.2) is 0 Å². The number of hydrogen-bond donors (Lipinski definition) is 3. The zero-order valence-electron chi connectivity index (χ0n) is 13.8. The molecule has 0 aliphatic rings. The van der Waals surface area contributed by atoms with Crippen LogP contribution in [0.5, 0.6) is 0 Å². The Labute approximate surface area is 152 Å². The van der Waals surface area contributed by atoms with Crippen LogP contribution in [-0.2, 0) is 0 Å². The third-order valence-electron chi connectivity index (χ3n) is 3.79.